The molecule has 144 valence electrons. The molecule has 3 aromatic rings. The van der Waals surface area contributed by atoms with Gasteiger partial charge in [-0.1, -0.05) is 30.3 Å². The fourth-order valence-electron chi connectivity index (χ4n) is 2.80. The molecule has 6 heteroatoms. The number of methoxy groups -OCH3 is 1. The second-order valence-electron chi connectivity index (χ2n) is 6.22. The van der Waals surface area contributed by atoms with Gasteiger partial charge in [0.25, 0.3) is 11.8 Å². The lowest BCUT2D eigenvalue weighted by Gasteiger charge is -2.10. The van der Waals surface area contributed by atoms with E-state index in [-0.39, 0.29) is 11.8 Å². The summed E-state index contributed by atoms with van der Waals surface area (Å²) >= 11 is 0. The van der Waals surface area contributed by atoms with Gasteiger partial charge in [0.2, 0.25) is 0 Å². The summed E-state index contributed by atoms with van der Waals surface area (Å²) in [5.41, 5.74) is 2.54. The van der Waals surface area contributed by atoms with Gasteiger partial charge in [-0.15, -0.1) is 0 Å². The first-order valence-corrected chi connectivity index (χ1v) is 8.92. The third-order valence-electron chi connectivity index (χ3n) is 4.27. The van der Waals surface area contributed by atoms with E-state index in [2.05, 4.69) is 10.6 Å². The maximum atomic E-state index is 12.5. The number of nitrogens with one attached hydrogen (secondary N) is 2. The van der Waals surface area contributed by atoms with Gasteiger partial charge >= 0.3 is 0 Å². The van der Waals surface area contributed by atoms with Gasteiger partial charge in [0.1, 0.15) is 5.75 Å². The molecule has 0 aliphatic heterocycles. The van der Waals surface area contributed by atoms with Crippen molar-refractivity contribution in [1.29, 1.82) is 5.26 Å². The van der Waals surface area contributed by atoms with E-state index in [4.69, 9.17) is 10.00 Å². The van der Waals surface area contributed by atoms with Gasteiger partial charge in [-0.2, -0.15) is 5.26 Å². The number of hydrogen-bond acceptors (Lipinski definition) is 4. The Morgan fingerprint density at radius 1 is 0.931 bits per heavy atom. The van der Waals surface area contributed by atoms with E-state index in [0.29, 0.717) is 34.7 Å². The van der Waals surface area contributed by atoms with Gasteiger partial charge in [-0.05, 0) is 42.5 Å². The Bertz CT molecular complexity index is 1090. The van der Waals surface area contributed by atoms with Gasteiger partial charge in [0.05, 0.1) is 18.7 Å². The topological polar surface area (TPSA) is 91.2 Å². The second kappa shape index (κ2) is 9.20. The number of rotatable bonds is 6. The number of anilines is 1. The van der Waals surface area contributed by atoms with Crippen molar-refractivity contribution in [2.24, 2.45) is 0 Å². The van der Waals surface area contributed by atoms with E-state index in [9.17, 15) is 9.59 Å². The van der Waals surface area contributed by atoms with Crippen molar-refractivity contribution in [3.8, 4) is 11.8 Å². The van der Waals surface area contributed by atoms with Crippen LogP contribution in [0.25, 0.3) is 0 Å². The molecular formula is C23H19N3O3. The van der Waals surface area contributed by atoms with E-state index >= 15 is 0 Å². The van der Waals surface area contributed by atoms with Crippen molar-refractivity contribution in [2.75, 3.05) is 12.4 Å². The van der Waals surface area contributed by atoms with Crippen LogP contribution in [-0.4, -0.2) is 18.9 Å². The monoisotopic (exact) mass is 385 g/mol. The molecule has 0 aliphatic rings. The smallest absolute Gasteiger partial charge is 0.255 e. The summed E-state index contributed by atoms with van der Waals surface area (Å²) in [6.07, 6.45) is 0. The van der Waals surface area contributed by atoms with E-state index in [1.807, 2.05) is 30.3 Å². The van der Waals surface area contributed by atoms with E-state index in [0.717, 1.165) is 5.56 Å². The molecule has 3 aromatic carbocycles. The lowest BCUT2D eigenvalue weighted by Crippen LogP contribution is -2.23. The Morgan fingerprint density at radius 3 is 2.41 bits per heavy atom. The molecule has 0 saturated carbocycles. The molecule has 0 aliphatic carbocycles. The summed E-state index contributed by atoms with van der Waals surface area (Å²) < 4.78 is 5.28. The van der Waals surface area contributed by atoms with Crippen LogP contribution in [0.1, 0.15) is 31.8 Å². The van der Waals surface area contributed by atoms with Crippen LogP contribution in [0.4, 0.5) is 5.69 Å². The lowest BCUT2D eigenvalue weighted by molar-refractivity contribution is 0.0950. The zero-order valence-electron chi connectivity index (χ0n) is 15.8. The van der Waals surface area contributed by atoms with Gasteiger partial charge in [-0.25, -0.2) is 0 Å². The number of nitriles is 1. The number of hydrogen-bond donors (Lipinski definition) is 2. The van der Waals surface area contributed by atoms with Crippen molar-refractivity contribution in [1.82, 2.24) is 5.32 Å². The third-order valence-corrected chi connectivity index (χ3v) is 4.27. The normalized spacial score (nSPS) is 9.93. The van der Waals surface area contributed by atoms with Crippen LogP contribution in [0, 0.1) is 11.3 Å². The molecule has 2 amide bonds. The highest BCUT2D eigenvalue weighted by Gasteiger charge is 2.12. The summed E-state index contributed by atoms with van der Waals surface area (Å²) in [5.74, 6) is 0.0389. The molecule has 2 N–H and O–H groups in total. The van der Waals surface area contributed by atoms with E-state index < -0.39 is 0 Å². The molecule has 0 fully saturated rings. The lowest BCUT2D eigenvalue weighted by atomic mass is 10.1. The molecule has 0 aromatic heterocycles. The first kappa shape index (κ1) is 19.6. The number of benzene rings is 3. The SMILES string of the molecule is COc1ccccc1CNC(=O)c1cccc(C(=O)Nc2cccc(C#N)c2)c1. The average molecular weight is 385 g/mol. The van der Waals surface area contributed by atoms with Gasteiger partial charge in [0, 0.05) is 28.9 Å². The number of amides is 2. The number of carbonyl (C=O) groups is 2. The molecular weight excluding hydrogens is 366 g/mol. The van der Waals surface area contributed by atoms with Gasteiger partial charge < -0.3 is 15.4 Å². The second-order valence-corrected chi connectivity index (χ2v) is 6.22. The summed E-state index contributed by atoms with van der Waals surface area (Å²) in [5, 5.41) is 14.5. The number of carbonyl (C=O) groups excluding carboxylic acids is 2. The largest absolute Gasteiger partial charge is 0.496 e. The maximum Gasteiger partial charge on any atom is 0.255 e. The van der Waals surface area contributed by atoms with Gasteiger partial charge in [0.15, 0.2) is 0 Å². The zero-order chi connectivity index (χ0) is 20.6. The van der Waals surface area contributed by atoms with Crippen LogP contribution < -0.4 is 15.4 Å². The molecule has 0 spiro atoms. The summed E-state index contributed by atoms with van der Waals surface area (Å²) in [4.78, 5) is 25.0. The summed E-state index contributed by atoms with van der Waals surface area (Å²) in [6.45, 7) is 0.306. The van der Waals surface area contributed by atoms with Crippen molar-refractivity contribution >= 4 is 17.5 Å². The van der Waals surface area contributed by atoms with Crippen LogP contribution in [0.5, 0.6) is 5.75 Å². The molecule has 6 nitrogen and oxygen atoms in total. The van der Waals surface area contributed by atoms with Crippen LogP contribution in [0.2, 0.25) is 0 Å². The Balaban J connectivity index is 1.69. The molecule has 29 heavy (non-hydrogen) atoms. The molecule has 0 saturated heterocycles. The highest BCUT2D eigenvalue weighted by atomic mass is 16.5. The molecule has 0 heterocycles. The minimum absolute atomic E-state index is 0.294. The predicted molar refractivity (Wildman–Crippen MR) is 110 cm³/mol. The first-order valence-electron chi connectivity index (χ1n) is 8.92. The fraction of sp³-hybridized carbons (Fsp3) is 0.0870. The Kier molecular flexibility index (Phi) is 6.23. The van der Waals surface area contributed by atoms with Crippen LogP contribution in [0.3, 0.4) is 0 Å². The van der Waals surface area contributed by atoms with Gasteiger partial charge in [-0.3, -0.25) is 9.59 Å². The number of para-hydroxylation sites is 1. The molecule has 0 radical (unpaired) electrons. The minimum atomic E-state index is -0.362. The highest BCUT2D eigenvalue weighted by molar-refractivity contribution is 6.06. The van der Waals surface area contributed by atoms with Crippen molar-refractivity contribution in [3.63, 3.8) is 0 Å². The average Bonchev–Trinajstić information content (AvgIpc) is 2.77. The first-order chi connectivity index (χ1) is 14.1. The van der Waals surface area contributed by atoms with Crippen molar-refractivity contribution in [2.45, 2.75) is 6.54 Å². The number of nitrogens with zero attached hydrogens (tertiary/aromatic N) is 1. The van der Waals surface area contributed by atoms with Crippen LogP contribution in [0.15, 0.2) is 72.8 Å². The summed E-state index contributed by atoms with van der Waals surface area (Å²) in [7, 11) is 1.58. The Labute approximate surface area is 168 Å². The standard InChI is InChI=1S/C23H19N3O3/c1-29-21-11-3-2-7-19(21)15-25-22(27)17-8-5-9-18(13-17)23(28)26-20-10-4-6-16(12-20)14-24/h2-13H,15H2,1H3,(H,25,27)(H,26,28). The third kappa shape index (κ3) is 4.99. The van der Waals surface area contributed by atoms with Crippen molar-refractivity contribution in [3.05, 3.63) is 95.1 Å². The van der Waals surface area contributed by atoms with E-state index in [1.54, 1.807) is 49.6 Å². The fourth-order valence-corrected chi connectivity index (χ4v) is 2.80. The zero-order valence-corrected chi connectivity index (χ0v) is 15.8. The predicted octanol–water partition coefficient (Wildman–Crippen LogP) is 3.75. The molecule has 0 atom stereocenters. The summed E-state index contributed by atoms with van der Waals surface area (Å²) in [6, 6.07) is 22.5. The van der Waals surface area contributed by atoms with Crippen LogP contribution in [-0.2, 0) is 6.54 Å². The Hall–Kier alpha value is -4.11. The molecule has 0 unspecified atom stereocenters. The maximum absolute atomic E-state index is 12.5. The number of ether oxygens (including phenoxy) is 1. The van der Waals surface area contributed by atoms with Crippen LogP contribution >= 0.6 is 0 Å². The van der Waals surface area contributed by atoms with E-state index in [1.165, 1.54) is 6.07 Å². The highest BCUT2D eigenvalue weighted by Crippen LogP contribution is 2.17. The Morgan fingerprint density at radius 2 is 1.66 bits per heavy atom. The molecule has 3 rings (SSSR count). The quantitative estimate of drug-likeness (QED) is 0.676. The minimum Gasteiger partial charge on any atom is -0.496 e. The molecule has 0 bridgehead atoms. The van der Waals surface area contributed by atoms with Crippen molar-refractivity contribution < 1.29 is 14.3 Å².